The molecule has 0 radical (unpaired) electrons. The molecule has 1 aliphatic heterocycles. The molecule has 1 saturated heterocycles. The van der Waals surface area contributed by atoms with Gasteiger partial charge in [0.2, 0.25) is 11.8 Å². The van der Waals surface area contributed by atoms with Gasteiger partial charge >= 0.3 is 5.97 Å². The number of aliphatic hydroxyl groups excluding tert-OH is 1. The number of phenols is 1. The predicted octanol–water partition coefficient (Wildman–Crippen LogP) is 2.42. The fraction of sp³-hybridized carbons (Fsp3) is 0.677. The molecule has 11 nitrogen and oxygen atoms in total. The average molecular weight is 591 g/mol. The Hall–Kier alpha value is -3.18. The molecule has 0 spiro atoms. The topological polar surface area (TPSA) is 174 Å². The number of unbranched alkanes of at least 4 members (excludes halogenated alkanes) is 4. The fourth-order valence-electron chi connectivity index (χ4n) is 5.41. The number of aromatic hydroxyl groups is 1. The zero-order chi connectivity index (χ0) is 31.4. The number of aliphatic hydroxyl groups is 1. The molecule has 42 heavy (non-hydrogen) atoms. The minimum Gasteiger partial charge on any atom is -0.508 e. The summed E-state index contributed by atoms with van der Waals surface area (Å²) in [7, 11) is 1.48. The monoisotopic (exact) mass is 590 g/mol. The van der Waals surface area contributed by atoms with Gasteiger partial charge in [-0.25, -0.2) is 4.79 Å². The lowest BCUT2D eigenvalue weighted by molar-refractivity contribution is -0.153. The second-order valence-electron chi connectivity index (χ2n) is 11.9. The first-order valence-corrected chi connectivity index (χ1v) is 15.2. The molecule has 236 valence electrons. The molecule has 6 N–H and O–H groups in total. The van der Waals surface area contributed by atoms with Crippen molar-refractivity contribution in [3.63, 3.8) is 0 Å². The second kappa shape index (κ2) is 17.1. The van der Waals surface area contributed by atoms with Gasteiger partial charge < -0.3 is 36.2 Å². The molecular formula is C31H50N4O7. The number of hydrogen-bond donors (Lipinski definition) is 5. The van der Waals surface area contributed by atoms with E-state index in [4.69, 9.17) is 5.73 Å². The normalized spacial score (nSPS) is 17.9. The first-order valence-electron chi connectivity index (χ1n) is 15.2. The van der Waals surface area contributed by atoms with Crippen molar-refractivity contribution < 1.29 is 34.5 Å². The van der Waals surface area contributed by atoms with Crippen LogP contribution in [0.25, 0.3) is 0 Å². The summed E-state index contributed by atoms with van der Waals surface area (Å²) >= 11 is 0. The molecule has 1 heterocycles. The summed E-state index contributed by atoms with van der Waals surface area (Å²) < 4.78 is 0. The first kappa shape index (κ1) is 35.0. The third kappa shape index (κ3) is 10.3. The highest BCUT2D eigenvalue weighted by Crippen LogP contribution is 2.23. The van der Waals surface area contributed by atoms with Crippen molar-refractivity contribution in [1.29, 1.82) is 0 Å². The molecule has 5 atom stereocenters. The quantitative estimate of drug-likeness (QED) is 0.172. The molecule has 1 aromatic rings. The van der Waals surface area contributed by atoms with Crippen LogP contribution in [0.4, 0.5) is 0 Å². The number of carboxylic acids is 1. The van der Waals surface area contributed by atoms with Crippen LogP contribution in [0.1, 0.15) is 84.1 Å². The lowest BCUT2D eigenvalue weighted by Gasteiger charge is -2.35. The summed E-state index contributed by atoms with van der Waals surface area (Å²) in [5.74, 6) is -2.79. The van der Waals surface area contributed by atoms with E-state index in [1.54, 1.807) is 12.1 Å². The number of likely N-dealkylation sites (tertiary alicyclic amines) is 1. The maximum atomic E-state index is 13.9. The lowest BCUT2D eigenvalue weighted by Crippen LogP contribution is -2.58. The van der Waals surface area contributed by atoms with Crippen molar-refractivity contribution >= 4 is 23.7 Å². The predicted molar refractivity (Wildman–Crippen MR) is 159 cm³/mol. The summed E-state index contributed by atoms with van der Waals surface area (Å²) in [5, 5.41) is 32.7. The minimum absolute atomic E-state index is 0.0161. The third-order valence-electron chi connectivity index (χ3n) is 7.92. The SMILES string of the molecule is CCCCCCC[C@H](N)[C@@H](O)C(=O)N[C@@H](Cc1ccc(O)cc1)C(=O)N(C)[C@@H](CC(C)C)C(=O)N1CCC[C@@H]1C(=O)O. The Balaban J connectivity index is 2.26. The summed E-state index contributed by atoms with van der Waals surface area (Å²) in [6.07, 6.45) is 5.19. The summed E-state index contributed by atoms with van der Waals surface area (Å²) in [4.78, 5) is 55.1. The number of carboxylic acid groups (broad SMARTS) is 1. The van der Waals surface area contributed by atoms with E-state index in [1.165, 1.54) is 29.0 Å². The zero-order valence-electron chi connectivity index (χ0n) is 25.5. The number of carbonyl (C=O) groups excluding carboxylic acids is 3. The molecule has 0 bridgehead atoms. The molecule has 0 aliphatic carbocycles. The Kier molecular flexibility index (Phi) is 14.2. The van der Waals surface area contributed by atoms with E-state index in [2.05, 4.69) is 12.2 Å². The number of rotatable bonds is 17. The van der Waals surface area contributed by atoms with Crippen LogP contribution < -0.4 is 11.1 Å². The maximum absolute atomic E-state index is 13.9. The third-order valence-corrected chi connectivity index (χ3v) is 7.92. The Labute approximate surface area is 249 Å². The van der Waals surface area contributed by atoms with E-state index in [9.17, 15) is 34.5 Å². The molecule has 2 rings (SSSR count). The molecule has 1 aromatic carbocycles. The van der Waals surface area contributed by atoms with E-state index in [0.717, 1.165) is 32.1 Å². The largest absolute Gasteiger partial charge is 0.508 e. The fourth-order valence-corrected chi connectivity index (χ4v) is 5.41. The number of nitrogens with zero attached hydrogens (tertiary/aromatic N) is 2. The van der Waals surface area contributed by atoms with Gasteiger partial charge in [0.05, 0.1) is 0 Å². The van der Waals surface area contributed by atoms with E-state index in [-0.39, 0.29) is 18.1 Å². The highest BCUT2D eigenvalue weighted by atomic mass is 16.4. The molecule has 0 saturated carbocycles. The average Bonchev–Trinajstić information content (AvgIpc) is 3.45. The smallest absolute Gasteiger partial charge is 0.326 e. The highest BCUT2D eigenvalue weighted by Gasteiger charge is 2.41. The van der Waals surface area contributed by atoms with Crippen LogP contribution in [-0.2, 0) is 25.6 Å². The van der Waals surface area contributed by atoms with Crippen LogP contribution >= 0.6 is 0 Å². The number of hydrogen-bond acceptors (Lipinski definition) is 7. The van der Waals surface area contributed by atoms with E-state index >= 15 is 0 Å². The molecule has 1 aliphatic rings. The molecule has 3 amide bonds. The number of carbonyl (C=O) groups is 4. The number of aliphatic carboxylic acids is 1. The summed E-state index contributed by atoms with van der Waals surface area (Å²) in [6, 6.07) is 2.36. The lowest BCUT2D eigenvalue weighted by atomic mass is 9.98. The summed E-state index contributed by atoms with van der Waals surface area (Å²) in [5.41, 5.74) is 6.78. The van der Waals surface area contributed by atoms with Crippen LogP contribution in [0.3, 0.4) is 0 Å². The minimum atomic E-state index is -1.52. The number of benzene rings is 1. The highest BCUT2D eigenvalue weighted by molar-refractivity contribution is 5.94. The molecule has 0 unspecified atom stereocenters. The van der Waals surface area contributed by atoms with Gasteiger partial charge in [0.25, 0.3) is 5.91 Å². The van der Waals surface area contributed by atoms with Gasteiger partial charge in [-0.3, -0.25) is 14.4 Å². The Morgan fingerprint density at radius 1 is 1.10 bits per heavy atom. The van der Waals surface area contributed by atoms with Crippen molar-refractivity contribution in [3.05, 3.63) is 29.8 Å². The van der Waals surface area contributed by atoms with Crippen LogP contribution in [-0.4, -0.2) is 92.7 Å². The molecule has 1 fully saturated rings. The van der Waals surface area contributed by atoms with Gasteiger partial charge in [-0.2, -0.15) is 0 Å². The van der Waals surface area contributed by atoms with Gasteiger partial charge in [-0.15, -0.1) is 0 Å². The van der Waals surface area contributed by atoms with Gasteiger partial charge in [0.15, 0.2) is 0 Å². The Bertz CT molecular complexity index is 1030. The van der Waals surface area contributed by atoms with Gasteiger partial charge in [-0.05, 0) is 49.3 Å². The molecular weight excluding hydrogens is 540 g/mol. The number of phenolic OH excluding ortho intramolecular Hbond substituents is 1. The first-order chi connectivity index (χ1) is 19.9. The molecule has 11 heteroatoms. The van der Waals surface area contributed by atoms with Crippen molar-refractivity contribution in [2.75, 3.05) is 13.6 Å². The van der Waals surface area contributed by atoms with Crippen LogP contribution in [0, 0.1) is 5.92 Å². The Morgan fingerprint density at radius 3 is 2.33 bits per heavy atom. The van der Waals surface area contributed by atoms with Crippen molar-refractivity contribution in [1.82, 2.24) is 15.1 Å². The van der Waals surface area contributed by atoms with Gasteiger partial charge in [0, 0.05) is 26.1 Å². The zero-order valence-corrected chi connectivity index (χ0v) is 25.5. The maximum Gasteiger partial charge on any atom is 0.326 e. The number of nitrogens with one attached hydrogen (secondary N) is 1. The summed E-state index contributed by atoms with van der Waals surface area (Å²) in [6.45, 7) is 6.23. The van der Waals surface area contributed by atoms with Crippen molar-refractivity contribution in [2.24, 2.45) is 11.7 Å². The van der Waals surface area contributed by atoms with Crippen LogP contribution in [0.2, 0.25) is 0 Å². The van der Waals surface area contributed by atoms with Crippen molar-refractivity contribution in [2.45, 2.75) is 115 Å². The van der Waals surface area contributed by atoms with E-state index in [0.29, 0.717) is 37.8 Å². The van der Waals surface area contributed by atoms with Crippen molar-refractivity contribution in [3.8, 4) is 5.75 Å². The van der Waals surface area contributed by atoms with E-state index in [1.807, 2.05) is 13.8 Å². The number of likely N-dealkylation sites (N-methyl/N-ethyl adjacent to an activating group) is 1. The second-order valence-corrected chi connectivity index (χ2v) is 11.9. The Morgan fingerprint density at radius 2 is 1.74 bits per heavy atom. The number of amides is 3. The van der Waals surface area contributed by atoms with Gasteiger partial charge in [-0.1, -0.05) is 65.0 Å². The van der Waals surface area contributed by atoms with E-state index < -0.39 is 54.0 Å². The molecule has 0 aromatic heterocycles. The van der Waals surface area contributed by atoms with Crippen LogP contribution in [0.5, 0.6) is 5.75 Å². The van der Waals surface area contributed by atoms with Crippen LogP contribution in [0.15, 0.2) is 24.3 Å². The number of nitrogens with two attached hydrogens (primary N) is 1. The standard InChI is InChI=1S/C31H50N4O7/c1-5-6-7-8-9-11-23(32)27(37)28(38)33-24(19-21-13-15-22(36)16-14-21)29(39)34(4)26(18-20(2)3)30(40)35-17-10-12-25(35)31(41)42/h13-16,20,23-27,36-37H,5-12,17-19,32H2,1-4H3,(H,33,38)(H,41,42)/t23-,24-,25+,26-,27+/m0/s1. The van der Waals surface area contributed by atoms with Gasteiger partial charge in [0.1, 0.15) is 30.0 Å².